The molecule has 0 amide bonds. The van der Waals surface area contributed by atoms with Gasteiger partial charge in [-0.05, 0) is 44.4 Å². The highest BCUT2D eigenvalue weighted by Crippen LogP contribution is 2.48. The number of hydrogen-bond donors (Lipinski definition) is 1. The Morgan fingerprint density at radius 2 is 2.12 bits per heavy atom. The van der Waals surface area contributed by atoms with E-state index in [4.69, 9.17) is 15.3 Å². The van der Waals surface area contributed by atoms with Crippen molar-refractivity contribution in [3.8, 4) is 11.8 Å². The molecule has 1 heterocycles. The predicted molar refractivity (Wildman–Crippen MR) is 104 cm³/mol. The number of aryl methyl sites for hydroxylation is 1. The lowest BCUT2D eigenvalue weighted by Gasteiger charge is -2.28. The molecule has 1 aromatic carbocycles. The number of ether oxygens (including phenoxy) is 2. The van der Waals surface area contributed by atoms with Crippen LogP contribution >= 0.6 is 0 Å². The number of anilines is 1. The van der Waals surface area contributed by atoms with Crippen LogP contribution in [0, 0.1) is 24.2 Å². The summed E-state index contributed by atoms with van der Waals surface area (Å²) in [6.45, 7) is 5.84. The van der Waals surface area contributed by atoms with Crippen LogP contribution in [0.3, 0.4) is 0 Å². The number of amidine groups is 1. The van der Waals surface area contributed by atoms with E-state index in [9.17, 15) is 0 Å². The molecule has 0 radical (unpaired) electrons. The van der Waals surface area contributed by atoms with E-state index in [2.05, 4.69) is 21.9 Å². The molecular weight excluding hydrogens is 328 g/mol. The Kier molecular flexibility index (Phi) is 5.60. The van der Waals surface area contributed by atoms with Crippen LogP contribution in [0.15, 0.2) is 28.3 Å². The van der Waals surface area contributed by atoms with Gasteiger partial charge in [0.1, 0.15) is 0 Å². The van der Waals surface area contributed by atoms with E-state index in [0.717, 1.165) is 30.0 Å². The molecule has 138 valence electrons. The standard InChI is InChI=1S/C20H26N4O2/c1-4-5-16-7-6-15(2)17(10-16)24(3)18(23-21)11-22-12-19-25-13-20(8-9-20)14-26-19/h6-7,10-11,19H,8-9,12-14,21H2,1-3H3/b22-11?,23-18+. The maximum absolute atomic E-state index is 5.74. The second-order valence-electron chi connectivity index (χ2n) is 6.97. The number of hydrogen-bond acceptors (Lipinski definition) is 5. The average molecular weight is 354 g/mol. The van der Waals surface area contributed by atoms with Gasteiger partial charge >= 0.3 is 0 Å². The minimum atomic E-state index is -0.285. The van der Waals surface area contributed by atoms with Gasteiger partial charge in [0.05, 0.1) is 26.0 Å². The van der Waals surface area contributed by atoms with Gasteiger partial charge in [0, 0.05) is 23.7 Å². The molecule has 1 saturated carbocycles. The molecule has 1 spiro atoms. The van der Waals surface area contributed by atoms with E-state index in [0.29, 0.717) is 17.8 Å². The van der Waals surface area contributed by atoms with Gasteiger partial charge in [-0.3, -0.25) is 4.99 Å². The third kappa shape index (κ3) is 4.24. The summed E-state index contributed by atoms with van der Waals surface area (Å²) >= 11 is 0. The van der Waals surface area contributed by atoms with E-state index >= 15 is 0 Å². The van der Waals surface area contributed by atoms with Gasteiger partial charge in [0.25, 0.3) is 0 Å². The molecule has 1 aromatic rings. The fourth-order valence-corrected chi connectivity index (χ4v) is 2.94. The fourth-order valence-electron chi connectivity index (χ4n) is 2.94. The van der Waals surface area contributed by atoms with Gasteiger partial charge in [-0.15, -0.1) is 5.92 Å². The largest absolute Gasteiger partial charge is 0.350 e. The molecule has 3 rings (SSSR count). The summed E-state index contributed by atoms with van der Waals surface area (Å²) < 4.78 is 11.5. The van der Waals surface area contributed by atoms with E-state index in [1.807, 2.05) is 44.0 Å². The number of nitrogens with zero attached hydrogens (tertiary/aromatic N) is 3. The van der Waals surface area contributed by atoms with Crippen molar-refractivity contribution in [1.29, 1.82) is 0 Å². The molecule has 0 atom stereocenters. The van der Waals surface area contributed by atoms with Crippen molar-refractivity contribution in [2.75, 3.05) is 31.7 Å². The highest BCUT2D eigenvalue weighted by Gasteiger charge is 2.46. The molecule has 2 fully saturated rings. The van der Waals surface area contributed by atoms with Crippen LogP contribution in [0.2, 0.25) is 0 Å². The maximum atomic E-state index is 5.74. The summed E-state index contributed by atoms with van der Waals surface area (Å²) in [5, 5.41) is 3.87. The minimum absolute atomic E-state index is 0.285. The average Bonchev–Trinajstić information content (AvgIpc) is 3.41. The SMILES string of the molecule is CC#Cc1ccc(C)c(N(C)/C(C=NCC2OCC3(CC3)CO2)=N/N)c1. The maximum Gasteiger partial charge on any atom is 0.176 e. The second kappa shape index (κ2) is 7.90. The number of benzene rings is 1. The van der Waals surface area contributed by atoms with Gasteiger partial charge in [0.2, 0.25) is 0 Å². The molecule has 0 aromatic heterocycles. The lowest BCUT2D eigenvalue weighted by molar-refractivity contribution is -0.201. The van der Waals surface area contributed by atoms with Gasteiger partial charge in [-0.25, -0.2) is 0 Å². The third-order valence-electron chi connectivity index (χ3n) is 4.88. The van der Waals surface area contributed by atoms with Crippen LogP contribution in [-0.4, -0.2) is 45.1 Å². The molecular formula is C20H26N4O2. The number of nitrogens with two attached hydrogens (primary N) is 1. The Bertz CT molecular complexity index is 762. The minimum Gasteiger partial charge on any atom is -0.350 e. The summed E-state index contributed by atoms with van der Waals surface area (Å²) in [6.07, 6.45) is 3.79. The molecule has 0 unspecified atom stereocenters. The van der Waals surface area contributed by atoms with Crippen LogP contribution in [0.5, 0.6) is 0 Å². The van der Waals surface area contributed by atoms with Crippen molar-refractivity contribution in [3.05, 3.63) is 29.3 Å². The van der Waals surface area contributed by atoms with Crippen LogP contribution in [-0.2, 0) is 9.47 Å². The molecule has 6 nitrogen and oxygen atoms in total. The van der Waals surface area contributed by atoms with Gasteiger partial charge < -0.3 is 20.2 Å². The van der Waals surface area contributed by atoms with E-state index < -0.39 is 0 Å². The number of aliphatic imine (C=N–C) groups is 1. The first-order valence-electron chi connectivity index (χ1n) is 8.85. The summed E-state index contributed by atoms with van der Waals surface area (Å²) in [5.74, 6) is 12.1. The molecule has 1 saturated heterocycles. The van der Waals surface area contributed by atoms with Crippen molar-refractivity contribution < 1.29 is 9.47 Å². The lowest BCUT2D eigenvalue weighted by atomic mass is 10.1. The number of rotatable bonds is 4. The van der Waals surface area contributed by atoms with Crippen molar-refractivity contribution in [2.45, 2.75) is 33.0 Å². The van der Waals surface area contributed by atoms with Crippen LogP contribution in [0.1, 0.15) is 30.9 Å². The Balaban J connectivity index is 1.62. The van der Waals surface area contributed by atoms with Crippen molar-refractivity contribution >= 4 is 17.7 Å². The highest BCUT2D eigenvalue weighted by molar-refractivity contribution is 6.35. The molecule has 6 heteroatoms. The van der Waals surface area contributed by atoms with Crippen LogP contribution < -0.4 is 10.7 Å². The van der Waals surface area contributed by atoms with Gasteiger partial charge in [0.15, 0.2) is 12.1 Å². The zero-order valence-corrected chi connectivity index (χ0v) is 15.7. The van der Waals surface area contributed by atoms with Crippen molar-refractivity contribution in [3.63, 3.8) is 0 Å². The normalized spacial score (nSPS) is 19.4. The summed E-state index contributed by atoms with van der Waals surface area (Å²) in [7, 11) is 1.91. The zero-order valence-electron chi connectivity index (χ0n) is 15.7. The number of hydrazone groups is 1. The smallest absolute Gasteiger partial charge is 0.176 e. The van der Waals surface area contributed by atoms with E-state index in [-0.39, 0.29) is 6.29 Å². The molecule has 1 aliphatic heterocycles. The van der Waals surface area contributed by atoms with Crippen molar-refractivity contribution in [1.82, 2.24) is 0 Å². The summed E-state index contributed by atoms with van der Waals surface area (Å²) in [4.78, 5) is 6.32. The molecule has 1 aliphatic carbocycles. The Hall–Kier alpha value is -2.36. The third-order valence-corrected chi connectivity index (χ3v) is 4.88. The Labute approximate surface area is 155 Å². The first-order chi connectivity index (χ1) is 12.6. The van der Waals surface area contributed by atoms with Crippen LogP contribution in [0.25, 0.3) is 0 Å². The highest BCUT2D eigenvalue weighted by atomic mass is 16.7. The zero-order chi connectivity index (χ0) is 18.6. The van der Waals surface area contributed by atoms with Gasteiger partial charge in [-0.1, -0.05) is 12.0 Å². The Morgan fingerprint density at radius 3 is 2.73 bits per heavy atom. The summed E-state index contributed by atoms with van der Waals surface area (Å²) in [5.41, 5.74) is 3.35. The predicted octanol–water partition coefficient (Wildman–Crippen LogP) is 2.30. The van der Waals surface area contributed by atoms with Crippen LogP contribution in [0.4, 0.5) is 5.69 Å². The van der Waals surface area contributed by atoms with E-state index in [1.54, 1.807) is 6.21 Å². The van der Waals surface area contributed by atoms with E-state index in [1.165, 1.54) is 12.8 Å². The fraction of sp³-hybridized carbons (Fsp3) is 0.500. The topological polar surface area (TPSA) is 72.4 Å². The molecule has 2 N–H and O–H groups in total. The molecule has 26 heavy (non-hydrogen) atoms. The lowest BCUT2D eigenvalue weighted by Crippen LogP contribution is -2.35. The molecule has 0 bridgehead atoms. The first-order valence-corrected chi connectivity index (χ1v) is 8.85. The second-order valence-corrected chi connectivity index (χ2v) is 6.97. The first kappa shape index (κ1) is 18.4. The summed E-state index contributed by atoms with van der Waals surface area (Å²) in [6, 6.07) is 6.06. The Morgan fingerprint density at radius 1 is 1.38 bits per heavy atom. The van der Waals surface area contributed by atoms with Crippen molar-refractivity contribution in [2.24, 2.45) is 21.4 Å². The monoisotopic (exact) mass is 354 g/mol. The molecule has 2 aliphatic rings. The quantitative estimate of drug-likeness (QED) is 0.296. The van der Waals surface area contributed by atoms with Gasteiger partial charge in [-0.2, -0.15) is 5.10 Å².